The van der Waals surface area contributed by atoms with E-state index in [0.717, 1.165) is 4.90 Å². The van der Waals surface area contributed by atoms with Crippen LogP contribution < -0.4 is 0 Å². The number of amides is 1. The van der Waals surface area contributed by atoms with Gasteiger partial charge in [0.15, 0.2) is 12.3 Å². The van der Waals surface area contributed by atoms with Crippen molar-refractivity contribution in [1.82, 2.24) is 4.90 Å². The van der Waals surface area contributed by atoms with Crippen LogP contribution in [0.15, 0.2) is 0 Å². The lowest BCUT2D eigenvalue weighted by Crippen LogP contribution is -2.43. The highest BCUT2D eigenvalue weighted by atomic mass is 16.5. The molecular weight excluding hydrogens is 174 g/mol. The Hall–Kier alpha value is -1.39. The number of hydrogen-bond donors (Lipinski definition) is 0. The van der Waals surface area contributed by atoms with Gasteiger partial charge >= 0.3 is 5.97 Å². The summed E-state index contributed by atoms with van der Waals surface area (Å²) < 4.78 is 4.60. The van der Waals surface area contributed by atoms with Crippen molar-refractivity contribution in [1.29, 1.82) is 0 Å². The zero-order valence-corrected chi connectivity index (χ0v) is 7.94. The average Bonchev–Trinajstić information content (AvgIpc) is 2.05. The largest absolute Gasteiger partial charge is 0.464 e. The van der Waals surface area contributed by atoms with Crippen LogP contribution in [0.25, 0.3) is 0 Å². The van der Waals surface area contributed by atoms with Crippen LogP contribution in [0.3, 0.4) is 0 Å². The van der Waals surface area contributed by atoms with E-state index >= 15 is 0 Å². The number of nitrogens with zero attached hydrogens (tertiary/aromatic N) is 1. The normalized spacial score (nSPS) is 11.6. The van der Waals surface area contributed by atoms with Crippen molar-refractivity contribution in [3.63, 3.8) is 0 Å². The summed E-state index contributed by atoms with van der Waals surface area (Å²) in [5, 5.41) is 0. The van der Waals surface area contributed by atoms with Gasteiger partial charge in [0.25, 0.3) is 0 Å². The fourth-order valence-corrected chi connectivity index (χ4v) is 0.728. The quantitative estimate of drug-likeness (QED) is 0.341. The highest BCUT2D eigenvalue weighted by molar-refractivity contribution is 5.95. The monoisotopic (exact) mass is 187 g/mol. The summed E-state index contributed by atoms with van der Waals surface area (Å²) in [7, 11) is 1.37. The molecule has 0 spiro atoms. The number of ether oxygens (including phenoxy) is 1. The number of aldehydes is 1. The summed E-state index contributed by atoms with van der Waals surface area (Å²) in [4.78, 5) is 33.4. The van der Waals surface area contributed by atoms with Crippen LogP contribution in [0, 0.1) is 0 Å². The van der Waals surface area contributed by atoms with Crippen LogP contribution >= 0.6 is 0 Å². The first-order chi connectivity index (χ1) is 6.04. The minimum atomic E-state index is -1.13. The molecule has 5 nitrogen and oxygen atoms in total. The van der Waals surface area contributed by atoms with E-state index in [1.165, 1.54) is 14.0 Å². The molecule has 0 aliphatic rings. The van der Waals surface area contributed by atoms with Crippen molar-refractivity contribution in [3.8, 4) is 0 Å². The van der Waals surface area contributed by atoms with Crippen LogP contribution in [0.4, 0.5) is 0 Å². The van der Waals surface area contributed by atoms with E-state index in [0.29, 0.717) is 6.29 Å². The Morgan fingerprint density at radius 1 is 1.54 bits per heavy atom. The number of esters is 1. The van der Waals surface area contributed by atoms with Crippen molar-refractivity contribution in [2.45, 2.75) is 19.9 Å². The number of rotatable bonds is 4. The van der Waals surface area contributed by atoms with Crippen LogP contribution in [0.5, 0.6) is 0 Å². The van der Waals surface area contributed by atoms with E-state index in [9.17, 15) is 14.4 Å². The molecule has 1 unspecified atom stereocenters. The molecule has 0 bridgehead atoms. The number of carbonyl (C=O) groups is 3. The zero-order valence-electron chi connectivity index (χ0n) is 7.94. The van der Waals surface area contributed by atoms with Gasteiger partial charge in [-0.25, -0.2) is 4.79 Å². The molecule has 1 atom stereocenters. The number of carbonyl (C=O) groups excluding carboxylic acids is 3. The van der Waals surface area contributed by atoms with Gasteiger partial charge in [0, 0.05) is 14.0 Å². The lowest BCUT2D eigenvalue weighted by molar-refractivity contribution is -0.154. The van der Waals surface area contributed by atoms with Gasteiger partial charge in [-0.2, -0.15) is 0 Å². The SMILES string of the molecule is CCOC(=O)C(C=O)N(C)C(C)=O. The maximum Gasteiger partial charge on any atom is 0.336 e. The molecule has 0 aromatic heterocycles. The minimum absolute atomic E-state index is 0.189. The Labute approximate surface area is 76.7 Å². The first-order valence-electron chi connectivity index (χ1n) is 3.89. The van der Waals surface area contributed by atoms with Crippen LogP contribution in [-0.2, 0) is 19.1 Å². The van der Waals surface area contributed by atoms with Crippen LogP contribution in [0.1, 0.15) is 13.8 Å². The average molecular weight is 187 g/mol. The molecule has 0 fully saturated rings. The first-order valence-corrected chi connectivity index (χ1v) is 3.89. The van der Waals surface area contributed by atoms with E-state index in [-0.39, 0.29) is 12.5 Å². The van der Waals surface area contributed by atoms with Crippen molar-refractivity contribution in [2.75, 3.05) is 13.7 Å². The van der Waals surface area contributed by atoms with Crippen molar-refractivity contribution in [3.05, 3.63) is 0 Å². The molecule has 0 aliphatic carbocycles. The lowest BCUT2D eigenvalue weighted by Gasteiger charge is -2.20. The third-order valence-electron chi connectivity index (χ3n) is 1.57. The smallest absolute Gasteiger partial charge is 0.336 e. The van der Waals surface area contributed by atoms with E-state index in [4.69, 9.17) is 0 Å². The minimum Gasteiger partial charge on any atom is -0.464 e. The van der Waals surface area contributed by atoms with E-state index in [1.54, 1.807) is 6.92 Å². The van der Waals surface area contributed by atoms with E-state index in [2.05, 4.69) is 4.74 Å². The summed E-state index contributed by atoms with van der Waals surface area (Å²) >= 11 is 0. The summed E-state index contributed by atoms with van der Waals surface area (Å²) in [5.74, 6) is -1.06. The molecule has 0 aromatic rings. The molecule has 0 heterocycles. The summed E-state index contributed by atoms with van der Waals surface area (Å²) in [6, 6.07) is -1.13. The second-order valence-corrected chi connectivity index (χ2v) is 2.46. The third-order valence-corrected chi connectivity index (χ3v) is 1.57. The van der Waals surface area contributed by atoms with Gasteiger partial charge in [-0.05, 0) is 6.92 Å². The van der Waals surface area contributed by atoms with Gasteiger partial charge in [-0.15, -0.1) is 0 Å². The molecular formula is C8H13NO4. The number of hydrogen-bond acceptors (Lipinski definition) is 4. The molecule has 0 saturated carbocycles. The topological polar surface area (TPSA) is 63.7 Å². The molecule has 0 N–H and O–H groups in total. The summed E-state index contributed by atoms with van der Waals surface area (Å²) in [5.41, 5.74) is 0. The Morgan fingerprint density at radius 2 is 2.08 bits per heavy atom. The van der Waals surface area contributed by atoms with Gasteiger partial charge < -0.3 is 14.4 Å². The van der Waals surface area contributed by atoms with Crippen molar-refractivity contribution < 1.29 is 19.1 Å². The molecule has 0 saturated heterocycles. The molecule has 0 aromatic carbocycles. The molecule has 5 heteroatoms. The van der Waals surface area contributed by atoms with Crippen molar-refractivity contribution in [2.24, 2.45) is 0 Å². The van der Waals surface area contributed by atoms with Gasteiger partial charge in [0.05, 0.1) is 6.61 Å². The van der Waals surface area contributed by atoms with Crippen molar-refractivity contribution >= 4 is 18.2 Å². The van der Waals surface area contributed by atoms with Gasteiger partial charge in [-0.1, -0.05) is 0 Å². The Balaban J connectivity index is 4.40. The molecule has 0 aliphatic heterocycles. The molecule has 0 rings (SSSR count). The fourth-order valence-electron chi connectivity index (χ4n) is 0.728. The molecule has 13 heavy (non-hydrogen) atoms. The maximum atomic E-state index is 11.1. The summed E-state index contributed by atoms with van der Waals surface area (Å²) in [6.07, 6.45) is 0.388. The Kier molecular flexibility index (Phi) is 4.72. The maximum absolute atomic E-state index is 11.1. The second kappa shape index (κ2) is 5.29. The third kappa shape index (κ3) is 3.23. The highest BCUT2D eigenvalue weighted by Gasteiger charge is 2.25. The highest BCUT2D eigenvalue weighted by Crippen LogP contribution is 1.97. The van der Waals surface area contributed by atoms with Gasteiger partial charge in [0.2, 0.25) is 5.91 Å². The standard InChI is InChI=1S/C8H13NO4/c1-4-13-8(12)7(5-10)9(3)6(2)11/h5,7H,4H2,1-3H3. The van der Waals surface area contributed by atoms with E-state index in [1.807, 2.05) is 0 Å². The Morgan fingerprint density at radius 3 is 2.38 bits per heavy atom. The molecule has 0 radical (unpaired) electrons. The van der Waals surface area contributed by atoms with Crippen LogP contribution in [0.2, 0.25) is 0 Å². The predicted octanol–water partition coefficient (Wildman–Crippen LogP) is -0.405. The second-order valence-electron chi connectivity index (χ2n) is 2.46. The fraction of sp³-hybridized carbons (Fsp3) is 0.625. The zero-order chi connectivity index (χ0) is 10.4. The Bertz CT molecular complexity index is 214. The predicted molar refractivity (Wildman–Crippen MR) is 44.9 cm³/mol. The van der Waals surface area contributed by atoms with Gasteiger partial charge in [0.1, 0.15) is 0 Å². The molecule has 74 valence electrons. The van der Waals surface area contributed by atoms with E-state index < -0.39 is 12.0 Å². The molecule has 1 amide bonds. The summed E-state index contributed by atoms with van der Waals surface area (Å²) in [6.45, 7) is 3.10. The lowest BCUT2D eigenvalue weighted by atomic mass is 10.3. The number of likely N-dealkylation sites (N-methyl/N-ethyl adjacent to an activating group) is 1. The van der Waals surface area contributed by atoms with Gasteiger partial charge in [-0.3, -0.25) is 4.79 Å². The van der Waals surface area contributed by atoms with Crippen LogP contribution in [-0.4, -0.2) is 42.8 Å². The first kappa shape index (κ1) is 11.6.